The van der Waals surface area contributed by atoms with Gasteiger partial charge < -0.3 is 4.90 Å². The summed E-state index contributed by atoms with van der Waals surface area (Å²) in [4.78, 5) is 18.9. The van der Waals surface area contributed by atoms with E-state index in [1.807, 2.05) is 11.8 Å². The summed E-state index contributed by atoms with van der Waals surface area (Å²) in [7, 11) is 0. The third kappa shape index (κ3) is 3.04. The van der Waals surface area contributed by atoms with Crippen LogP contribution in [0.25, 0.3) is 0 Å². The lowest BCUT2D eigenvalue weighted by molar-refractivity contribution is -0.137. The minimum atomic E-state index is -4.35. The van der Waals surface area contributed by atoms with E-state index in [2.05, 4.69) is 4.99 Å². The second kappa shape index (κ2) is 6.59. The van der Waals surface area contributed by atoms with Crippen molar-refractivity contribution in [1.82, 2.24) is 0 Å². The molecule has 2 bridgehead atoms. The normalized spacial score (nSPS) is 30.3. The molecule has 1 heterocycles. The number of aliphatic imine (C=N–C) groups is 1. The van der Waals surface area contributed by atoms with Gasteiger partial charge in [0.1, 0.15) is 0 Å². The van der Waals surface area contributed by atoms with E-state index in [0.29, 0.717) is 29.2 Å². The second-order valence-corrected chi connectivity index (χ2v) is 8.52. The van der Waals surface area contributed by atoms with Crippen LogP contribution < -0.4 is 4.90 Å². The Hall–Kier alpha value is -1.50. The molecule has 0 aromatic heterocycles. The van der Waals surface area contributed by atoms with Gasteiger partial charge in [0, 0.05) is 17.5 Å². The summed E-state index contributed by atoms with van der Waals surface area (Å²) < 4.78 is 38.5. The number of benzene rings is 1. The van der Waals surface area contributed by atoms with E-state index >= 15 is 0 Å². The number of rotatable bonds is 3. The number of amidine groups is 1. The highest BCUT2D eigenvalue weighted by Crippen LogP contribution is 2.55. The Bertz CT molecular complexity index is 731. The molecule has 0 saturated heterocycles. The number of amides is 1. The highest BCUT2D eigenvalue weighted by Gasteiger charge is 2.53. The van der Waals surface area contributed by atoms with Crippen molar-refractivity contribution in [2.75, 3.05) is 11.4 Å². The molecule has 0 spiro atoms. The predicted molar refractivity (Wildman–Crippen MR) is 97.2 cm³/mol. The van der Waals surface area contributed by atoms with Gasteiger partial charge in [-0.05, 0) is 61.8 Å². The highest BCUT2D eigenvalue weighted by atomic mass is 32.2. The monoisotopic (exact) mass is 382 g/mol. The van der Waals surface area contributed by atoms with Crippen molar-refractivity contribution in [2.45, 2.75) is 44.0 Å². The lowest BCUT2D eigenvalue weighted by Crippen LogP contribution is -2.41. The highest BCUT2D eigenvalue weighted by molar-refractivity contribution is 8.14. The van der Waals surface area contributed by atoms with Crippen molar-refractivity contribution in [3.63, 3.8) is 0 Å². The maximum atomic E-state index is 12.8. The number of nitrogens with zero attached hydrogens (tertiary/aromatic N) is 2. The largest absolute Gasteiger partial charge is 0.416 e. The minimum absolute atomic E-state index is 0.0380. The van der Waals surface area contributed by atoms with Crippen LogP contribution >= 0.6 is 11.8 Å². The van der Waals surface area contributed by atoms with E-state index < -0.39 is 11.7 Å². The number of alkyl halides is 3. The lowest BCUT2D eigenvalue weighted by atomic mass is 9.87. The number of carbonyl (C=O) groups is 1. The molecule has 26 heavy (non-hydrogen) atoms. The van der Waals surface area contributed by atoms with Crippen molar-refractivity contribution < 1.29 is 18.0 Å². The van der Waals surface area contributed by atoms with E-state index in [0.717, 1.165) is 31.4 Å². The summed E-state index contributed by atoms with van der Waals surface area (Å²) >= 11 is 1.65. The number of halogens is 3. The van der Waals surface area contributed by atoms with Crippen molar-refractivity contribution in [3.05, 3.63) is 29.8 Å². The molecule has 1 amide bonds. The molecule has 3 aliphatic rings. The van der Waals surface area contributed by atoms with E-state index in [-0.39, 0.29) is 17.1 Å². The first-order valence-corrected chi connectivity index (χ1v) is 10.0. The Morgan fingerprint density at radius 2 is 1.88 bits per heavy atom. The topological polar surface area (TPSA) is 32.7 Å². The number of thioether (sulfide) groups is 1. The Balaban J connectivity index is 1.61. The van der Waals surface area contributed by atoms with Gasteiger partial charge in [0.2, 0.25) is 0 Å². The van der Waals surface area contributed by atoms with Crippen molar-refractivity contribution >= 4 is 28.5 Å². The number of hydrogen-bond donors (Lipinski definition) is 0. The van der Waals surface area contributed by atoms with Gasteiger partial charge in [-0.15, -0.1) is 0 Å². The molecule has 2 fully saturated rings. The van der Waals surface area contributed by atoms with Gasteiger partial charge in [-0.2, -0.15) is 18.2 Å². The second-order valence-electron chi connectivity index (χ2n) is 7.37. The molecular formula is C19H21F3N2OS. The van der Waals surface area contributed by atoms with Crippen LogP contribution in [0.2, 0.25) is 0 Å². The number of carbonyl (C=O) groups excluding carboxylic acids is 1. The van der Waals surface area contributed by atoms with Crippen LogP contribution in [0, 0.1) is 17.8 Å². The average Bonchev–Trinajstić information content (AvgIpc) is 3.21. The Kier molecular flexibility index (Phi) is 4.53. The van der Waals surface area contributed by atoms with E-state index in [4.69, 9.17) is 0 Å². The zero-order chi connectivity index (χ0) is 18.5. The molecule has 1 aromatic rings. The third-order valence-corrected chi connectivity index (χ3v) is 7.23. The first-order chi connectivity index (χ1) is 12.4. The van der Waals surface area contributed by atoms with E-state index in [1.165, 1.54) is 18.6 Å². The smallest absolute Gasteiger partial charge is 0.321 e. The first kappa shape index (κ1) is 17.9. The summed E-state index contributed by atoms with van der Waals surface area (Å²) in [6, 6.07) is 5.13. The summed E-state index contributed by atoms with van der Waals surface area (Å²) in [5, 5.41) is 0.924. The van der Waals surface area contributed by atoms with Crippen LogP contribution in [0.3, 0.4) is 0 Å². The molecule has 0 N–H and O–H groups in total. The molecule has 4 unspecified atom stereocenters. The van der Waals surface area contributed by atoms with Gasteiger partial charge in [0.15, 0.2) is 5.17 Å². The fourth-order valence-electron chi connectivity index (χ4n) is 4.58. The van der Waals surface area contributed by atoms with Crippen LogP contribution in [0.1, 0.15) is 38.2 Å². The molecule has 0 radical (unpaired) electrons. The number of fused-ring (bicyclic) bond motifs is 5. The lowest BCUT2D eigenvalue weighted by Gasteiger charge is -2.35. The predicted octanol–water partition coefficient (Wildman–Crippen LogP) is 4.97. The van der Waals surface area contributed by atoms with Crippen LogP contribution in [-0.4, -0.2) is 22.9 Å². The third-order valence-electron chi connectivity index (χ3n) is 5.76. The van der Waals surface area contributed by atoms with Gasteiger partial charge in [-0.25, -0.2) is 0 Å². The van der Waals surface area contributed by atoms with Crippen LogP contribution in [0.15, 0.2) is 29.3 Å². The van der Waals surface area contributed by atoms with Gasteiger partial charge >= 0.3 is 6.18 Å². The van der Waals surface area contributed by atoms with Crippen LogP contribution in [-0.2, 0) is 11.0 Å². The molecular weight excluding hydrogens is 361 g/mol. The molecule has 7 heteroatoms. The SMILES string of the molecule is CCCN(C1=NC(=O)C2C3CCC(C3)C2S1)c1ccc(C(F)(F)F)cc1. The van der Waals surface area contributed by atoms with Gasteiger partial charge in [0.05, 0.1) is 11.5 Å². The molecule has 1 aromatic carbocycles. The first-order valence-electron chi connectivity index (χ1n) is 9.12. The minimum Gasteiger partial charge on any atom is -0.321 e. The maximum absolute atomic E-state index is 12.8. The Morgan fingerprint density at radius 3 is 2.54 bits per heavy atom. The van der Waals surface area contributed by atoms with Crippen molar-refractivity contribution in [3.8, 4) is 0 Å². The molecule has 4 rings (SSSR count). The summed E-state index contributed by atoms with van der Waals surface area (Å²) in [5.74, 6) is 1.05. The Labute approximate surface area is 155 Å². The van der Waals surface area contributed by atoms with Gasteiger partial charge in [-0.3, -0.25) is 4.79 Å². The zero-order valence-electron chi connectivity index (χ0n) is 14.5. The number of anilines is 1. The van der Waals surface area contributed by atoms with Gasteiger partial charge in [-0.1, -0.05) is 18.7 Å². The molecule has 140 valence electrons. The molecule has 4 atom stereocenters. The van der Waals surface area contributed by atoms with Gasteiger partial charge in [0.25, 0.3) is 5.91 Å². The Morgan fingerprint density at radius 1 is 1.19 bits per heavy atom. The summed E-state index contributed by atoms with van der Waals surface area (Å²) in [6.45, 7) is 2.63. The molecule has 3 nitrogen and oxygen atoms in total. The zero-order valence-corrected chi connectivity index (χ0v) is 15.3. The van der Waals surface area contributed by atoms with Crippen molar-refractivity contribution in [2.24, 2.45) is 22.7 Å². The average molecular weight is 382 g/mol. The fourth-order valence-corrected chi connectivity index (χ4v) is 6.22. The van der Waals surface area contributed by atoms with Crippen LogP contribution in [0.5, 0.6) is 0 Å². The maximum Gasteiger partial charge on any atom is 0.416 e. The summed E-state index contributed by atoms with van der Waals surface area (Å²) in [5.41, 5.74) is -0.0133. The molecule has 1 aliphatic heterocycles. The quantitative estimate of drug-likeness (QED) is 0.740. The molecule has 2 aliphatic carbocycles. The van der Waals surface area contributed by atoms with E-state index in [1.54, 1.807) is 11.8 Å². The summed E-state index contributed by atoms with van der Waals surface area (Å²) in [6.07, 6.45) is -0.120. The van der Waals surface area contributed by atoms with E-state index in [9.17, 15) is 18.0 Å². The molecule has 2 saturated carbocycles. The van der Waals surface area contributed by atoms with Crippen LogP contribution in [0.4, 0.5) is 18.9 Å². The standard InChI is InChI=1S/C19H21F3N2OS/c1-2-9-24(14-7-5-13(6-8-14)19(20,21)22)18-23-17(25)15-11-3-4-12(10-11)16(15)26-18/h5-8,11-12,15-16H,2-4,9-10H2,1H3. The van der Waals surface area contributed by atoms with Crippen molar-refractivity contribution in [1.29, 1.82) is 0 Å². The number of hydrogen-bond acceptors (Lipinski definition) is 3. The fraction of sp³-hybridized carbons (Fsp3) is 0.579.